The first kappa shape index (κ1) is 17.3. The van der Waals surface area contributed by atoms with E-state index in [4.69, 9.17) is 10.5 Å². The molecule has 1 aliphatic heterocycles. The van der Waals surface area contributed by atoms with Gasteiger partial charge in [0.2, 0.25) is 5.91 Å². The van der Waals surface area contributed by atoms with Crippen LogP contribution in [0.15, 0.2) is 24.3 Å². The van der Waals surface area contributed by atoms with Crippen molar-refractivity contribution in [3.63, 3.8) is 0 Å². The third kappa shape index (κ3) is 3.29. The Hall–Kier alpha value is -1.10. The van der Waals surface area contributed by atoms with Crippen LogP contribution in [0.4, 0.5) is 0 Å². The summed E-state index contributed by atoms with van der Waals surface area (Å²) in [6, 6.07) is 8.56. The number of halogens is 1. The zero-order valence-electron chi connectivity index (χ0n) is 12.8. The second-order valence-electron chi connectivity index (χ2n) is 6.21. The van der Waals surface area contributed by atoms with E-state index in [2.05, 4.69) is 29.6 Å². The van der Waals surface area contributed by atoms with Crippen molar-refractivity contribution in [3.05, 3.63) is 35.4 Å². The van der Waals surface area contributed by atoms with E-state index in [0.717, 1.165) is 32.1 Å². The number of nitrogens with one attached hydrogen (secondary N) is 1. The predicted molar refractivity (Wildman–Crippen MR) is 89.1 cm³/mol. The summed E-state index contributed by atoms with van der Waals surface area (Å²) in [5.74, 6) is 0.106. The van der Waals surface area contributed by atoms with Crippen LogP contribution in [0.5, 0.6) is 0 Å². The summed E-state index contributed by atoms with van der Waals surface area (Å²) >= 11 is 0. The number of aryl methyl sites for hydroxylation is 1. The van der Waals surface area contributed by atoms with Gasteiger partial charge in [0.15, 0.2) is 0 Å². The molecule has 3 N–H and O–H groups in total. The Balaban J connectivity index is 0.00000176. The van der Waals surface area contributed by atoms with E-state index >= 15 is 0 Å². The Morgan fingerprint density at radius 2 is 2.05 bits per heavy atom. The number of rotatable bonds is 3. The second kappa shape index (κ2) is 7.44. The van der Waals surface area contributed by atoms with E-state index in [1.807, 2.05) is 0 Å². The molecule has 22 heavy (non-hydrogen) atoms. The zero-order valence-corrected chi connectivity index (χ0v) is 13.7. The topological polar surface area (TPSA) is 64.4 Å². The van der Waals surface area contributed by atoms with Gasteiger partial charge in [-0.1, -0.05) is 24.3 Å². The highest BCUT2D eigenvalue weighted by atomic mass is 35.5. The zero-order chi connectivity index (χ0) is 14.7. The molecule has 0 aromatic heterocycles. The van der Waals surface area contributed by atoms with Gasteiger partial charge in [0.1, 0.15) is 0 Å². The highest BCUT2D eigenvalue weighted by molar-refractivity contribution is 5.85. The van der Waals surface area contributed by atoms with Crippen LogP contribution in [0.1, 0.15) is 42.9 Å². The van der Waals surface area contributed by atoms with Crippen molar-refractivity contribution in [1.82, 2.24) is 5.32 Å². The van der Waals surface area contributed by atoms with Crippen molar-refractivity contribution in [2.75, 3.05) is 19.8 Å². The van der Waals surface area contributed by atoms with Crippen LogP contribution in [0, 0.1) is 5.41 Å². The maximum absolute atomic E-state index is 12.8. The largest absolute Gasteiger partial charge is 0.381 e. The molecule has 1 aromatic carbocycles. The second-order valence-corrected chi connectivity index (χ2v) is 6.21. The van der Waals surface area contributed by atoms with Gasteiger partial charge in [-0.2, -0.15) is 0 Å². The minimum atomic E-state index is -0.440. The smallest absolute Gasteiger partial charge is 0.228 e. The summed E-state index contributed by atoms with van der Waals surface area (Å²) in [4.78, 5) is 12.8. The third-order valence-electron chi connectivity index (χ3n) is 5.00. The first-order chi connectivity index (χ1) is 10.2. The average molecular weight is 325 g/mol. The summed E-state index contributed by atoms with van der Waals surface area (Å²) in [5.41, 5.74) is 8.12. The molecule has 5 heteroatoms. The van der Waals surface area contributed by atoms with E-state index in [-0.39, 0.29) is 24.4 Å². The van der Waals surface area contributed by atoms with Crippen LogP contribution in [0.3, 0.4) is 0 Å². The minimum absolute atomic E-state index is 0. The van der Waals surface area contributed by atoms with E-state index < -0.39 is 5.41 Å². The van der Waals surface area contributed by atoms with Crippen LogP contribution in [0.2, 0.25) is 0 Å². The fraction of sp³-hybridized carbons (Fsp3) is 0.588. The molecule has 1 amide bonds. The SMILES string of the molecule is Cl.NCC1(C(=O)NC2CCCc3ccccc32)CCOCC1. The monoisotopic (exact) mass is 324 g/mol. The number of benzene rings is 1. The van der Waals surface area contributed by atoms with Crippen LogP contribution in [-0.2, 0) is 16.0 Å². The van der Waals surface area contributed by atoms with Crippen LogP contribution in [-0.4, -0.2) is 25.7 Å². The highest BCUT2D eigenvalue weighted by Gasteiger charge is 2.40. The molecule has 1 aliphatic carbocycles. The number of fused-ring (bicyclic) bond motifs is 1. The van der Waals surface area contributed by atoms with Gasteiger partial charge in [0, 0.05) is 19.8 Å². The van der Waals surface area contributed by atoms with Crippen molar-refractivity contribution < 1.29 is 9.53 Å². The number of carbonyl (C=O) groups is 1. The molecule has 0 spiro atoms. The summed E-state index contributed by atoms with van der Waals surface area (Å²) in [5, 5.41) is 3.26. The first-order valence-electron chi connectivity index (χ1n) is 7.92. The van der Waals surface area contributed by atoms with Gasteiger partial charge < -0.3 is 15.8 Å². The summed E-state index contributed by atoms with van der Waals surface area (Å²) < 4.78 is 5.39. The number of ether oxygens (including phenoxy) is 1. The molecular formula is C17H25ClN2O2. The van der Waals surface area contributed by atoms with Crippen LogP contribution < -0.4 is 11.1 Å². The molecule has 1 atom stereocenters. The molecule has 1 heterocycles. The first-order valence-corrected chi connectivity index (χ1v) is 7.92. The lowest BCUT2D eigenvalue weighted by atomic mass is 9.78. The van der Waals surface area contributed by atoms with Gasteiger partial charge >= 0.3 is 0 Å². The van der Waals surface area contributed by atoms with Gasteiger partial charge in [-0.05, 0) is 43.2 Å². The lowest BCUT2D eigenvalue weighted by Crippen LogP contribution is -2.50. The molecule has 122 valence electrons. The van der Waals surface area contributed by atoms with Crippen molar-refractivity contribution in [2.24, 2.45) is 11.1 Å². The summed E-state index contributed by atoms with van der Waals surface area (Å²) in [6.07, 6.45) is 4.70. The third-order valence-corrected chi connectivity index (χ3v) is 5.00. The Morgan fingerprint density at radius 3 is 2.77 bits per heavy atom. The molecule has 1 unspecified atom stereocenters. The standard InChI is InChI=1S/C17H24N2O2.ClH/c18-12-17(8-10-21-11-9-17)16(20)19-15-7-3-5-13-4-1-2-6-14(13)15;/h1-2,4,6,15H,3,5,7-12,18H2,(H,19,20);1H. The van der Waals surface area contributed by atoms with E-state index in [9.17, 15) is 4.79 Å². The molecule has 1 aromatic rings. The average Bonchev–Trinajstić information content (AvgIpc) is 2.56. The summed E-state index contributed by atoms with van der Waals surface area (Å²) in [7, 11) is 0. The number of carbonyl (C=O) groups excluding carboxylic acids is 1. The van der Waals surface area contributed by atoms with Crippen LogP contribution >= 0.6 is 12.4 Å². The fourth-order valence-electron chi connectivity index (χ4n) is 3.50. The number of hydrogen-bond donors (Lipinski definition) is 2. The minimum Gasteiger partial charge on any atom is -0.381 e. The van der Waals surface area contributed by atoms with Gasteiger partial charge in [-0.25, -0.2) is 0 Å². The van der Waals surface area contributed by atoms with Crippen molar-refractivity contribution in [3.8, 4) is 0 Å². The molecule has 3 rings (SSSR count). The maximum Gasteiger partial charge on any atom is 0.228 e. The van der Waals surface area contributed by atoms with Crippen molar-refractivity contribution in [2.45, 2.75) is 38.1 Å². The maximum atomic E-state index is 12.8. The normalized spacial score (nSPS) is 23.0. The lowest BCUT2D eigenvalue weighted by molar-refractivity contribution is -0.136. The van der Waals surface area contributed by atoms with E-state index in [1.165, 1.54) is 11.1 Å². The predicted octanol–water partition coefficient (Wildman–Crippen LogP) is 2.36. The fourth-order valence-corrected chi connectivity index (χ4v) is 3.50. The lowest BCUT2D eigenvalue weighted by Gasteiger charge is -2.37. The number of hydrogen-bond acceptors (Lipinski definition) is 3. The molecule has 0 bridgehead atoms. The molecule has 1 fully saturated rings. The van der Waals surface area contributed by atoms with Crippen molar-refractivity contribution in [1.29, 1.82) is 0 Å². The summed E-state index contributed by atoms with van der Waals surface area (Å²) in [6.45, 7) is 1.66. The molecule has 1 saturated heterocycles. The Labute approximate surface area is 138 Å². The molecule has 0 radical (unpaired) electrons. The quantitative estimate of drug-likeness (QED) is 0.897. The molecule has 2 aliphatic rings. The molecule has 4 nitrogen and oxygen atoms in total. The molecule has 0 saturated carbocycles. The van der Waals surface area contributed by atoms with Crippen molar-refractivity contribution >= 4 is 18.3 Å². The van der Waals surface area contributed by atoms with Gasteiger partial charge in [0.25, 0.3) is 0 Å². The molecular weight excluding hydrogens is 300 g/mol. The Morgan fingerprint density at radius 1 is 1.32 bits per heavy atom. The van der Waals surface area contributed by atoms with Gasteiger partial charge in [0.05, 0.1) is 11.5 Å². The van der Waals surface area contributed by atoms with E-state index in [0.29, 0.717) is 19.8 Å². The van der Waals surface area contributed by atoms with Gasteiger partial charge in [-0.3, -0.25) is 4.79 Å². The number of nitrogens with two attached hydrogens (primary N) is 1. The number of amides is 1. The Bertz CT molecular complexity index is 515. The van der Waals surface area contributed by atoms with Gasteiger partial charge in [-0.15, -0.1) is 12.4 Å². The van der Waals surface area contributed by atoms with Crippen LogP contribution in [0.25, 0.3) is 0 Å². The Kier molecular flexibility index (Phi) is 5.84. The van der Waals surface area contributed by atoms with E-state index in [1.54, 1.807) is 0 Å². The highest BCUT2D eigenvalue weighted by Crippen LogP contribution is 2.33.